The summed E-state index contributed by atoms with van der Waals surface area (Å²) in [6, 6.07) is 15.4. The minimum absolute atomic E-state index is 0.397. The van der Waals surface area contributed by atoms with Crippen LogP contribution in [-0.2, 0) is 13.1 Å². The Balaban J connectivity index is 1.58. The van der Waals surface area contributed by atoms with Crippen LogP contribution >= 0.6 is 23.2 Å². The zero-order chi connectivity index (χ0) is 25.1. The number of hydrogen-bond acceptors (Lipinski definition) is 7. The second kappa shape index (κ2) is 10.5. The maximum Gasteiger partial charge on any atom is 0.183 e. The van der Waals surface area contributed by atoms with E-state index in [9.17, 15) is 0 Å². The molecule has 0 spiro atoms. The number of nitrogens with one attached hydrogen (secondary N) is 2. The topological polar surface area (TPSA) is 89.8 Å². The second-order valence-electron chi connectivity index (χ2n) is 8.02. The maximum absolute atomic E-state index is 6.73. The summed E-state index contributed by atoms with van der Waals surface area (Å²) < 4.78 is 7.35. The second-order valence-corrected chi connectivity index (χ2v) is 8.81. The lowest BCUT2D eigenvalue weighted by Gasteiger charge is -2.12. The van der Waals surface area contributed by atoms with Crippen molar-refractivity contribution in [1.29, 1.82) is 0 Å². The normalized spacial score (nSPS) is 11.1. The molecule has 3 heterocycles. The Kier molecular flexibility index (Phi) is 6.99. The van der Waals surface area contributed by atoms with Gasteiger partial charge >= 0.3 is 0 Å². The van der Waals surface area contributed by atoms with Crippen molar-refractivity contribution in [3.63, 3.8) is 0 Å². The number of nitrogens with zero attached hydrogens (tertiary/aromatic N) is 5. The van der Waals surface area contributed by atoms with Gasteiger partial charge in [-0.15, -0.1) is 0 Å². The van der Waals surface area contributed by atoms with Gasteiger partial charge in [0.05, 0.1) is 30.4 Å². The van der Waals surface area contributed by atoms with Gasteiger partial charge in [0.15, 0.2) is 17.4 Å². The van der Waals surface area contributed by atoms with E-state index in [1.165, 1.54) is 0 Å². The first-order valence-electron chi connectivity index (χ1n) is 11.2. The van der Waals surface area contributed by atoms with Crippen molar-refractivity contribution in [3.8, 4) is 17.3 Å². The molecule has 0 aliphatic heterocycles. The van der Waals surface area contributed by atoms with E-state index in [0.717, 1.165) is 27.7 Å². The van der Waals surface area contributed by atoms with Gasteiger partial charge in [-0.2, -0.15) is 5.10 Å². The maximum atomic E-state index is 6.73. The van der Waals surface area contributed by atoms with Crippen LogP contribution < -0.4 is 15.4 Å². The number of halogens is 2. The standard InChI is InChI=1S/C26H23Cl2N7O/c1-29-13-16-7-8-20(27)19(23(16)28)15-35-21-6-4-3-5-18(21)24(34-35)26-31-14-22(36-2)25(33-26)32-17-9-11-30-12-10-17/h3-12,14,29H,13,15H2,1-2H3,(H,30,31,32,33). The average molecular weight is 520 g/mol. The molecule has 0 aliphatic carbocycles. The number of hydrogen-bond donors (Lipinski definition) is 2. The van der Waals surface area contributed by atoms with Crippen molar-refractivity contribution >= 4 is 45.6 Å². The van der Waals surface area contributed by atoms with E-state index in [1.54, 1.807) is 25.7 Å². The SMILES string of the molecule is CNCc1ccc(Cl)c(Cn2nc(-c3ncc(OC)c(Nc4ccncc4)n3)c3ccccc32)c1Cl. The zero-order valence-electron chi connectivity index (χ0n) is 19.7. The molecule has 36 heavy (non-hydrogen) atoms. The molecule has 0 bridgehead atoms. The molecular weight excluding hydrogens is 497 g/mol. The van der Waals surface area contributed by atoms with Crippen molar-refractivity contribution in [2.45, 2.75) is 13.1 Å². The Hall–Kier alpha value is -3.72. The lowest BCUT2D eigenvalue weighted by atomic mass is 10.1. The number of para-hydroxylation sites is 1. The minimum atomic E-state index is 0.397. The highest BCUT2D eigenvalue weighted by atomic mass is 35.5. The zero-order valence-corrected chi connectivity index (χ0v) is 21.2. The van der Waals surface area contributed by atoms with Crippen LogP contribution in [0, 0.1) is 0 Å². The van der Waals surface area contributed by atoms with Crippen LogP contribution in [0.1, 0.15) is 11.1 Å². The summed E-state index contributed by atoms with van der Waals surface area (Å²) in [6.45, 7) is 1.04. The molecule has 0 unspecified atom stereocenters. The lowest BCUT2D eigenvalue weighted by Crippen LogP contribution is -2.09. The van der Waals surface area contributed by atoms with Gasteiger partial charge in [0, 0.05) is 40.6 Å². The number of methoxy groups -OCH3 is 1. The number of benzene rings is 2. The van der Waals surface area contributed by atoms with Gasteiger partial charge in [-0.3, -0.25) is 9.67 Å². The van der Waals surface area contributed by atoms with E-state index < -0.39 is 0 Å². The first kappa shape index (κ1) is 24.0. The summed E-state index contributed by atoms with van der Waals surface area (Å²) in [5, 5.41) is 13.4. The van der Waals surface area contributed by atoms with E-state index in [-0.39, 0.29) is 0 Å². The molecule has 2 aromatic carbocycles. The number of fused-ring (bicyclic) bond motifs is 1. The van der Waals surface area contributed by atoms with Crippen molar-refractivity contribution in [2.24, 2.45) is 0 Å². The summed E-state index contributed by atoms with van der Waals surface area (Å²) in [5.74, 6) is 1.50. The number of ether oxygens (including phenoxy) is 1. The van der Waals surface area contributed by atoms with Gasteiger partial charge in [0.25, 0.3) is 0 Å². The summed E-state index contributed by atoms with van der Waals surface area (Å²) in [5.41, 5.74) is 4.17. The van der Waals surface area contributed by atoms with E-state index in [4.69, 9.17) is 38.0 Å². The van der Waals surface area contributed by atoms with Gasteiger partial charge < -0.3 is 15.4 Å². The molecule has 0 saturated heterocycles. The fourth-order valence-corrected chi connectivity index (χ4v) is 4.53. The lowest BCUT2D eigenvalue weighted by molar-refractivity contribution is 0.413. The van der Waals surface area contributed by atoms with Crippen LogP contribution in [0.25, 0.3) is 22.4 Å². The van der Waals surface area contributed by atoms with E-state index in [0.29, 0.717) is 46.2 Å². The molecule has 5 aromatic rings. The first-order valence-corrected chi connectivity index (χ1v) is 12.0. The van der Waals surface area contributed by atoms with Crippen LogP contribution in [0.3, 0.4) is 0 Å². The Morgan fingerprint density at radius 1 is 1.03 bits per heavy atom. The van der Waals surface area contributed by atoms with Crippen molar-refractivity contribution < 1.29 is 4.74 Å². The molecule has 2 N–H and O–H groups in total. The van der Waals surface area contributed by atoms with Crippen molar-refractivity contribution in [2.75, 3.05) is 19.5 Å². The van der Waals surface area contributed by atoms with E-state index in [1.807, 2.05) is 60.3 Å². The third kappa shape index (κ3) is 4.70. The molecule has 0 radical (unpaired) electrons. The predicted molar refractivity (Wildman–Crippen MR) is 143 cm³/mol. The van der Waals surface area contributed by atoms with Crippen molar-refractivity contribution in [3.05, 3.63) is 88.3 Å². The third-order valence-electron chi connectivity index (χ3n) is 5.73. The monoisotopic (exact) mass is 519 g/mol. The Labute approximate surface area is 218 Å². The van der Waals surface area contributed by atoms with Gasteiger partial charge in [-0.25, -0.2) is 9.97 Å². The average Bonchev–Trinajstić information content (AvgIpc) is 3.27. The van der Waals surface area contributed by atoms with Gasteiger partial charge in [0.1, 0.15) is 5.69 Å². The number of rotatable bonds is 8. The summed E-state index contributed by atoms with van der Waals surface area (Å²) in [4.78, 5) is 13.3. The van der Waals surface area contributed by atoms with Crippen LogP contribution in [0.4, 0.5) is 11.5 Å². The summed E-state index contributed by atoms with van der Waals surface area (Å²) in [6.07, 6.45) is 5.04. The molecule has 8 nitrogen and oxygen atoms in total. The molecular formula is C26H23Cl2N7O. The molecule has 0 aliphatic rings. The van der Waals surface area contributed by atoms with Gasteiger partial charge in [-0.1, -0.05) is 47.5 Å². The van der Waals surface area contributed by atoms with E-state index >= 15 is 0 Å². The van der Waals surface area contributed by atoms with Gasteiger partial charge in [-0.05, 0) is 36.9 Å². The molecule has 0 fully saturated rings. The number of anilines is 2. The minimum Gasteiger partial charge on any atom is -0.491 e. The highest BCUT2D eigenvalue weighted by Crippen LogP contribution is 2.33. The van der Waals surface area contributed by atoms with Crippen LogP contribution in [-0.4, -0.2) is 38.9 Å². The molecule has 182 valence electrons. The quantitative estimate of drug-likeness (QED) is 0.271. The largest absolute Gasteiger partial charge is 0.491 e. The van der Waals surface area contributed by atoms with E-state index in [2.05, 4.69) is 20.6 Å². The van der Waals surface area contributed by atoms with Crippen LogP contribution in [0.2, 0.25) is 10.0 Å². The predicted octanol–water partition coefficient (Wildman–Crippen LogP) is 5.72. The fraction of sp³-hybridized carbons (Fsp3) is 0.154. The first-order chi connectivity index (χ1) is 17.6. The number of pyridine rings is 1. The van der Waals surface area contributed by atoms with Crippen LogP contribution in [0.15, 0.2) is 67.1 Å². The van der Waals surface area contributed by atoms with Crippen LogP contribution in [0.5, 0.6) is 5.75 Å². The molecule has 0 atom stereocenters. The fourth-order valence-electron chi connectivity index (χ4n) is 3.98. The molecule has 5 rings (SSSR count). The summed E-state index contributed by atoms with van der Waals surface area (Å²) >= 11 is 13.3. The van der Waals surface area contributed by atoms with Gasteiger partial charge in [0.2, 0.25) is 0 Å². The molecule has 0 saturated carbocycles. The Morgan fingerprint density at radius 3 is 2.61 bits per heavy atom. The Morgan fingerprint density at radius 2 is 1.83 bits per heavy atom. The Bertz CT molecular complexity index is 1520. The summed E-state index contributed by atoms with van der Waals surface area (Å²) in [7, 11) is 3.46. The van der Waals surface area contributed by atoms with Crippen molar-refractivity contribution in [1.82, 2.24) is 30.0 Å². The smallest absolute Gasteiger partial charge is 0.183 e. The molecule has 0 amide bonds. The molecule has 3 aromatic heterocycles. The third-order valence-corrected chi connectivity index (χ3v) is 6.55. The molecule has 10 heteroatoms. The highest BCUT2D eigenvalue weighted by molar-refractivity contribution is 6.36. The number of aromatic nitrogens is 5. The highest BCUT2D eigenvalue weighted by Gasteiger charge is 2.19.